The molecule has 1 N–H and O–H groups in total. The highest BCUT2D eigenvalue weighted by Gasteiger charge is 2.20. The van der Waals surface area contributed by atoms with Gasteiger partial charge in [0.25, 0.3) is 5.91 Å². The third-order valence-electron chi connectivity index (χ3n) is 4.47. The van der Waals surface area contributed by atoms with Gasteiger partial charge >= 0.3 is 6.03 Å². The third kappa shape index (κ3) is 8.38. The van der Waals surface area contributed by atoms with E-state index in [1.807, 2.05) is 25.7 Å². The second-order valence-corrected chi connectivity index (χ2v) is 6.41. The quantitative estimate of drug-likeness (QED) is 0.727. The van der Waals surface area contributed by atoms with Gasteiger partial charge in [0.15, 0.2) is 0 Å². The Labute approximate surface area is 184 Å². The minimum atomic E-state index is -0.437. The van der Waals surface area contributed by atoms with Crippen molar-refractivity contribution in [2.45, 2.75) is 33.7 Å². The van der Waals surface area contributed by atoms with Crippen molar-refractivity contribution in [3.05, 3.63) is 59.4 Å². The third-order valence-corrected chi connectivity index (χ3v) is 4.47. The second kappa shape index (κ2) is 15.3. The molecule has 0 aliphatic carbocycles. The molecule has 0 atom stereocenters. The Morgan fingerprint density at radius 3 is 2.16 bits per heavy atom. The normalized spacial score (nSPS) is 9.29. The largest absolute Gasteiger partial charge is 0.372 e. The number of carbonyl (C=O) groups excluding carboxylic acids is 4. The van der Waals surface area contributed by atoms with Crippen LogP contribution in [0.2, 0.25) is 0 Å². The van der Waals surface area contributed by atoms with Crippen molar-refractivity contribution in [2.75, 3.05) is 25.0 Å². The molecule has 3 amide bonds. The number of aryl methyl sites for hydroxylation is 1. The summed E-state index contributed by atoms with van der Waals surface area (Å²) in [7, 11) is 1.47. The topological polar surface area (TPSA) is 99.7 Å². The Morgan fingerprint density at radius 2 is 1.65 bits per heavy atom. The second-order valence-electron chi connectivity index (χ2n) is 6.41. The first-order valence-corrected chi connectivity index (χ1v) is 9.87. The summed E-state index contributed by atoms with van der Waals surface area (Å²) in [6, 6.07) is 11.0. The lowest BCUT2D eigenvalue weighted by molar-refractivity contribution is -0.0987. The number of nitrogens with one attached hydrogen (secondary N) is 1. The fraction of sp³-hybridized carbons (Fsp3) is 0.348. The van der Waals surface area contributed by atoms with Crippen LogP contribution in [0.1, 0.15) is 41.9 Å². The number of rotatable bonds is 7. The van der Waals surface area contributed by atoms with E-state index < -0.39 is 6.03 Å². The first-order valence-electron chi connectivity index (χ1n) is 9.87. The standard InChI is InChI=1S/C21H28N4O2.2CH2O/c1-5-14-25(6-2)18-11-9-17(10-12-18)15-23-21(27)24(4)20(26)19-8-7-13-22-16(19)3;2*1-2/h7-13H,5-6,14-15H2,1-4H3,(H,23,27);2*1H2. The van der Waals surface area contributed by atoms with E-state index in [0.29, 0.717) is 17.8 Å². The van der Waals surface area contributed by atoms with Crippen molar-refractivity contribution in [2.24, 2.45) is 0 Å². The fourth-order valence-corrected chi connectivity index (χ4v) is 2.84. The van der Waals surface area contributed by atoms with Crippen LogP contribution in [0.3, 0.4) is 0 Å². The number of benzene rings is 1. The highest BCUT2D eigenvalue weighted by Crippen LogP contribution is 2.15. The van der Waals surface area contributed by atoms with Crippen molar-refractivity contribution >= 4 is 31.2 Å². The zero-order valence-electron chi connectivity index (χ0n) is 18.8. The summed E-state index contributed by atoms with van der Waals surface area (Å²) in [6.45, 7) is 12.4. The number of imide groups is 1. The van der Waals surface area contributed by atoms with Gasteiger partial charge in [0.05, 0.1) is 5.56 Å². The maximum Gasteiger partial charge on any atom is 0.324 e. The molecule has 0 fully saturated rings. The van der Waals surface area contributed by atoms with Gasteiger partial charge in [-0.1, -0.05) is 19.1 Å². The number of nitrogens with zero attached hydrogens (tertiary/aromatic N) is 3. The van der Waals surface area contributed by atoms with Crippen molar-refractivity contribution in [3.63, 3.8) is 0 Å². The minimum Gasteiger partial charge on any atom is -0.372 e. The molecule has 1 aromatic heterocycles. The summed E-state index contributed by atoms with van der Waals surface area (Å²) < 4.78 is 0. The zero-order valence-corrected chi connectivity index (χ0v) is 18.8. The van der Waals surface area contributed by atoms with E-state index in [2.05, 4.69) is 41.2 Å². The molecular formula is C23H32N4O4. The Kier molecular flexibility index (Phi) is 13.6. The lowest BCUT2D eigenvalue weighted by Gasteiger charge is -2.22. The van der Waals surface area contributed by atoms with Crippen LogP contribution in [-0.2, 0) is 16.1 Å². The summed E-state index contributed by atoms with van der Waals surface area (Å²) in [5.41, 5.74) is 3.19. The van der Waals surface area contributed by atoms with Crippen molar-refractivity contribution in [3.8, 4) is 0 Å². The number of urea groups is 1. The van der Waals surface area contributed by atoms with E-state index in [4.69, 9.17) is 9.59 Å². The minimum absolute atomic E-state index is 0.364. The molecule has 0 aliphatic heterocycles. The number of hydrogen-bond acceptors (Lipinski definition) is 6. The number of pyridine rings is 1. The smallest absolute Gasteiger partial charge is 0.324 e. The van der Waals surface area contributed by atoms with E-state index in [-0.39, 0.29) is 5.91 Å². The molecule has 0 unspecified atom stereocenters. The van der Waals surface area contributed by atoms with E-state index >= 15 is 0 Å². The monoisotopic (exact) mass is 428 g/mol. The summed E-state index contributed by atoms with van der Waals surface area (Å²) in [5, 5.41) is 2.79. The molecule has 31 heavy (non-hydrogen) atoms. The predicted molar refractivity (Wildman–Crippen MR) is 122 cm³/mol. The van der Waals surface area contributed by atoms with Crippen LogP contribution < -0.4 is 10.2 Å². The molecule has 0 saturated heterocycles. The highest BCUT2D eigenvalue weighted by molar-refractivity contribution is 6.04. The van der Waals surface area contributed by atoms with E-state index in [1.165, 1.54) is 12.7 Å². The number of anilines is 1. The maximum atomic E-state index is 12.5. The molecule has 0 aliphatic rings. The molecule has 1 aromatic carbocycles. The Morgan fingerprint density at radius 1 is 1.03 bits per heavy atom. The number of hydrogen-bond donors (Lipinski definition) is 1. The van der Waals surface area contributed by atoms with Crippen LogP contribution in [0.15, 0.2) is 42.6 Å². The first-order chi connectivity index (χ1) is 15.0. The highest BCUT2D eigenvalue weighted by atomic mass is 16.2. The molecule has 0 radical (unpaired) electrons. The van der Waals surface area contributed by atoms with Crippen molar-refractivity contribution in [1.82, 2.24) is 15.2 Å². The van der Waals surface area contributed by atoms with Gasteiger partial charge in [-0.2, -0.15) is 0 Å². The van der Waals surface area contributed by atoms with Crippen LogP contribution in [0.5, 0.6) is 0 Å². The van der Waals surface area contributed by atoms with Gasteiger partial charge in [0, 0.05) is 44.3 Å². The Bertz CT molecular complexity index is 809. The molecule has 0 bridgehead atoms. The van der Waals surface area contributed by atoms with Crippen LogP contribution >= 0.6 is 0 Å². The lowest BCUT2D eigenvalue weighted by atomic mass is 10.2. The van der Waals surface area contributed by atoms with Crippen LogP contribution in [-0.4, -0.2) is 55.5 Å². The number of aromatic nitrogens is 1. The van der Waals surface area contributed by atoms with Crippen LogP contribution in [0, 0.1) is 6.92 Å². The van der Waals surface area contributed by atoms with Crippen LogP contribution in [0.25, 0.3) is 0 Å². The predicted octanol–water partition coefficient (Wildman–Crippen LogP) is 3.24. The summed E-state index contributed by atoms with van der Waals surface area (Å²) >= 11 is 0. The zero-order chi connectivity index (χ0) is 23.8. The molecule has 168 valence electrons. The summed E-state index contributed by atoms with van der Waals surface area (Å²) in [6.07, 6.45) is 2.72. The van der Waals surface area contributed by atoms with Crippen LogP contribution in [0.4, 0.5) is 10.5 Å². The average molecular weight is 429 g/mol. The molecule has 0 saturated carbocycles. The van der Waals surface area contributed by atoms with Gasteiger partial charge in [-0.3, -0.25) is 14.7 Å². The summed E-state index contributed by atoms with van der Waals surface area (Å²) in [4.78, 5) is 48.3. The SMILES string of the molecule is C=O.C=O.CCCN(CC)c1ccc(CNC(=O)N(C)C(=O)c2cccnc2C)cc1. The van der Waals surface area contributed by atoms with Crippen molar-refractivity contribution < 1.29 is 19.2 Å². The number of amides is 3. The van der Waals surface area contributed by atoms with Gasteiger partial charge in [0.2, 0.25) is 0 Å². The van der Waals surface area contributed by atoms with Gasteiger partial charge < -0.3 is 19.8 Å². The molecule has 8 heteroatoms. The molecule has 2 rings (SSSR count). The maximum absolute atomic E-state index is 12.5. The molecule has 8 nitrogen and oxygen atoms in total. The van der Waals surface area contributed by atoms with Gasteiger partial charge in [-0.05, 0) is 50.1 Å². The Hall–Kier alpha value is -3.55. The molecule has 0 spiro atoms. The van der Waals surface area contributed by atoms with E-state index in [1.54, 1.807) is 25.3 Å². The first kappa shape index (κ1) is 27.5. The van der Waals surface area contributed by atoms with E-state index in [9.17, 15) is 9.59 Å². The average Bonchev–Trinajstić information content (AvgIpc) is 2.83. The number of carbonyl (C=O) groups is 4. The van der Waals surface area contributed by atoms with Gasteiger partial charge in [0.1, 0.15) is 13.6 Å². The van der Waals surface area contributed by atoms with Gasteiger partial charge in [-0.15, -0.1) is 0 Å². The summed E-state index contributed by atoms with van der Waals surface area (Å²) in [5.74, 6) is -0.369. The fourth-order valence-electron chi connectivity index (χ4n) is 2.84. The van der Waals surface area contributed by atoms with Crippen molar-refractivity contribution in [1.29, 1.82) is 0 Å². The molecule has 2 aromatic rings. The molecular weight excluding hydrogens is 396 g/mol. The van der Waals surface area contributed by atoms with E-state index in [0.717, 1.165) is 30.0 Å². The van der Waals surface area contributed by atoms with Gasteiger partial charge in [-0.25, -0.2) is 4.79 Å². The lowest BCUT2D eigenvalue weighted by Crippen LogP contribution is -2.41. The Balaban J connectivity index is 0.00000212. The molecule has 1 heterocycles.